The van der Waals surface area contributed by atoms with Gasteiger partial charge in [-0.15, -0.1) is 0 Å². The summed E-state index contributed by atoms with van der Waals surface area (Å²) in [7, 11) is 0. The van der Waals surface area contributed by atoms with Gasteiger partial charge in [0.2, 0.25) is 0 Å². The smallest absolute Gasteiger partial charge is 0.324 e. The number of ether oxygens (including phenoxy) is 1. The molecule has 0 saturated heterocycles. The minimum atomic E-state index is -0.628. The maximum atomic E-state index is 11.3. The van der Waals surface area contributed by atoms with Gasteiger partial charge in [0.25, 0.3) is 0 Å². The summed E-state index contributed by atoms with van der Waals surface area (Å²) in [5.41, 5.74) is 6.61. The van der Waals surface area contributed by atoms with Gasteiger partial charge in [-0.1, -0.05) is 0 Å². The van der Waals surface area contributed by atoms with Gasteiger partial charge in [0.15, 0.2) is 0 Å². The standard InChI is InChI=1S/C10H17N3O2/c1-4-15-10(14)9(11)6-13-5-7(2)12-8(13)3/h5,9H,4,6,11H2,1-3H3. The lowest BCUT2D eigenvalue weighted by molar-refractivity contribution is -0.145. The van der Waals surface area contributed by atoms with E-state index < -0.39 is 6.04 Å². The molecule has 0 amide bonds. The van der Waals surface area contributed by atoms with Crippen molar-refractivity contribution in [1.29, 1.82) is 0 Å². The SMILES string of the molecule is CCOC(=O)C(N)Cn1cc(C)nc1C. The van der Waals surface area contributed by atoms with E-state index in [2.05, 4.69) is 4.98 Å². The Kier molecular flexibility index (Phi) is 3.85. The topological polar surface area (TPSA) is 70.1 Å². The highest BCUT2D eigenvalue weighted by molar-refractivity contribution is 5.75. The van der Waals surface area contributed by atoms with E-state index in [4.69, 9.17) is 10.5 Å². The predicted molar refractivity (Wildman–Crippen MR) is 56.3 cm³/mol. The molecule has 1 aromatic rings. The molecule has 1 unspecified atom stereocenters. The molecular formula is C10H17N3O2. The van der Waals surface area contributed by atoms with Crippen LogP contribution in [-0.2, 0) is 16.1 Å². The van der Waals surface area contributed by atoms with Crippen molar-refractivity contribution in [2.24, 2.45) is 5.73 Å². The molecule has 84 valence electrons. The van der Waals surface area contributed by atoms with Crippen molar-refractivity contribution >= 4 is 5.97 Å². The van der Waals surface area contributed by atoms with Crippen molar-refractivity contribution in [2.75, 3.05) is 6.61 Å². The summed E-state index contributed by atoms with van der Waals surface area (Å²) in [5.74, 6) is 0.482. The summed E-state index contributed by atoms with van der Waals surface area (Å²) in [5, 5.41) is 0. The van der Waals surface area contributed by atoms with Gasteiger partial charge in [-0.25, -0.2) is 4.98 Å². The Labute approximate surface area is 89.2 Å². The Morgan fingerprint density at radius 3 is 2.80 bits per heavy atom. The van der Waals surface area contributed by atoms with Gasteiger partial charge in [-0.05, 0) is 20.8 Å². The molecule has 0 saturated carbocycles. The van der Waals surface area contributed by atoms with E-state index in [9.17, 15) is 4.79 Å². The molecule has 2 N–H and O–H groups in total. The van der Waals surface area contributed by atoms with Crippen LogP contribution in [0.1, 0.15) is 18.4 Å². The highest BCUT2D eigenvalue weighted by atomic mass is 16.5. The fourth-order valence-electron chi connectivity index (χ4n) is 1.39. The second-order valence-corrected chi connectivity index (χ2v) is 3.44. The second-order valence-electron chi connectivity index (χ2n) is 3.44. The summed E-state index contributed by atoms with van der Waals surface area (Å²) in [6.07, 6.45) is 1.87. The summed E-state index contributed by atoms with van der Waals surface area (Å²) in [4.78, 5) is 15.5. The van der Waals surface area contributed by atoms with Gasteiger partial charge in [0.1, 0.15) is 11.9 Å². The van der Waals surface area contributed by atoms with E-state index in [1.807, 2.05) is 24.6 Å². The number of nitrogens with two attached hydrogens (primary N) is 1. The Morgan fingerprint density at radius 2 is 2.33 bits per heavy atom. The quantitative estimate of drug-likeness (QED) is 0.731. The zero-order valence-corrected chi connectivity index (χ0v) is 9.36. The Hall–Kier alpha value is -1.36. The van der Waals surface area contributed by atoms with Crippen molar-refractivity contribution in [1.82, 2.24) is 9.55 Å². The van der Waals surface area contributed by atoms with Crippen molar-refractivity contribution in [3.05, 3.63) is 17.7 Å². The van der Waals surface area contributed by atoms with Crippen molar-refractivity contribution in [3.8, 4) is 0 Å². The number of aryl methyl sites for hydroxylation is 2. The van der Waals surface area contributed by atoms with Gasteiger partial charge >= 0.3 is 5.97 Å². The number of aromatic nitrogens is 2. The maximum Gasteiger partial charge on any atom is 0.324 e. The largest absolute Gasteiger partial charge is 0.465 e. The normalized spacial score (nSPS) is 12.5. The summed E-state index contributed by atoms with van der Waals surface area (Å²) >= 11 is 0. The van der Waals surface area contributed by atoms with Gasteiger partial charge < -0.3 is 15.0 Å². The van der Waals surface area contributed by atoms with Crippen LogP contribution in [0, 0.1) is 13.8 Å². The zero-order valence-electron chi connectivity index (χ0n) is 9.36. The molecule has 0 spiro atoms. The van der Waals surface area contributed by atoms with Crippen molar-refractivity contribution < 1.29 is 9.53 Å². The molecule has 5 nitrogen and oxygen atoms in total. The minimum absolute atomic E-state index is 0.356. The van der Waals surface area contributed by atoms with E-state index >= 15 is 0 Å². The maximum absolute atomic E-state index is 11.3. The lowest BCUT2D eigenvalue weighted by Crippen LogP contribution is -2.36. The van der Waals surface area contributed by atoms with Crippen LogP contribution in [0.3, 0.4) is 0 Å². The van der Waals surface area contributed by atoms with Crippen LogP contribution >= 0.6 is 0 Å². The first kappa shape index (κ1) is 11.7. The molecule has 1 aromatic heterocycles. The summed E-state index contributed by atoms with van der Waals surface area (Å²) < 4.78 is 6.68. The molecule has 0 aliphatic carbocycles. The van der Waals surface area contributed by atoms with Crippen LogP contribution in [-0.4, -0.2) is 28.2 Å². The van der Waals surface area contributed by atoms with E-state index in [1.54, 1.807) is 6.92 Å². The second kappa shape index (κ2) is 4.93. The molecule has 1 heterocycles. The lowest BCUT2D eigenvalue weighted by Gasteiger charge is -2.11. The van der Waals surface area contributed by atoms with Crippen LogP contribution in [0.5, 0.6) is 0 Å². The fraction of sp³-hybridized carbons (Fsp3) is 0.600. The molecule has 0 fully saturated rings. The van der Waals surface area contributed by atoms with E-state index in [1.165, 1.54) is 0 Å². The lowest BCUT2D eigenvalue weighted by atomic mass is 10.3. The molecule has 0 aromatic carbocycles. The molecule has 0 aliphatic heterocycles. The molecule has 0 radical (unpaired) electrons. The Morgan fingerprint density at radius 1 is 1.67 bits per heavy atom. The van der Waals surface area contributed by atoms with Crippen LogP contribution < -0.4 is 5.73 Å². The number of carbonyl (C=O) groups is 1. The average Bonchev–Trinajstić information content (AvgIpc) is 2.45. The third kappa shape index (κ3) is 3.06. The fourth-order valence-corrected chi connectivity index (χ4v) is 1.39. The predicted octanol–water partition coefficient (Wildman–Crippen LogP) is 0.390. The molecule has 5 heteroatoms. The highest BCUT2D eigenvalue weighted by Crippen LogP contribution is 2.02. The first-order valence-electron chi connectivity index (χ1n) is 4.97. The molecule has 15 heavy (non-hydrogen) atoms. The molecular weight excluding hydrogens is 194 g/mol. The molecule has 1 rings (SSSR count). The van der Waals surface area contributed by atoms with Gasteiger partial charge in [-0.3, -0.25) is 4.79 Å². The van der Waals surface area contributed by atoms with Crippen molar-refractivity contribution in [3.63, 3.8) is 0 Å². The number of carbonyl (C=O) groups excluding carboxylic acids is 1. The Balaban J connectivity index is 2.61. The van der Waals surface area contributed by atoms with Gasteiger partial charge in [0.05, 0.1) is 12.3 Å². The van der Waals surface area contributed by atoms with Crippen LogP contribution in [0.4, 0.5) is 0 Å². The summed E-state index contributed by atoms with van der Waals surface area (Å²) in [6.45, 7) is 6.31. The molecule has 1 atom stereocenters. The molecule has 0 aliphatic rings. The van der Waals surface area contributed by atoms with E-state index in [-0.39, 0.29) is 5.97 Å². The average molecular weight is 211 g/mol. The highest BCUT2D eigenvalue weighted by Gasteiger charge is 2.16. The third-order valence-corrected chi connectivity index (χ3v) is 2.08. The van der Waals surface area contributed by atoms with E-state index in [0.29, 0.717) is 13.2 Å². The number of imidazole rings is 1. The van der Waals surface area contributed by atoms with Gasteiger partial charge in [0, 0.05) is 12.7 Å². The zero-order chi connectivity index (χ0) is 11.4. The first-order valence-corrected chi connectivity index (χ1v) is 4.97. The number of nitrogens with zero attached hydrogens (tertiary/aromatic N) is 2. The van der Waals surface area contributed by atoms with Crippen molar-refractivity contribution in [2.45, 2.75) is 33.4 Å². The monoisotopic (exact) mass is 211 g/mol. The minimum Gasteiger partial charge on any atom is -0.465 e. The van der Waals surface area contributed by atoms with Crippen LogP contribution in [0.25, 0.3) is 0 Å². The van der Waals surface area contributed by atoms with Crippen LogP contribution in [0.15, 0.2) is 6.20 Å². The number of hydrogen-bond acceptors (Lipinski definition) is 4. The number of rotatable bonds is 4. The number of hydrogen-bond donors (Lipinski definition) is 1. The third-order valence-electron chi connectivity index (χ3n) is 2.08. The molecule has 0 bridgehead atoms. The van der Waals surface area contributed by atoms with Crippen LogP contribution in [0.2, 0.25) is 0 Å². The number of esters is 1. The summed E-state index contributed by atoms with van der Waals surface area (Å²) in [6, 6.07) is -0.628. The van der Waals surface area contributed by atoms with Gasteiger partial charge in [-0.2, -0.15) is 0 Å². The van der Waals surface area contributed by atoms with E-state index in [0.717, 1.165) is 11.5 Å². The first-order chi connectivity index (χ1) is 7.04. The Bertz CT molecular complexity index is 346.